The van der Waals surface area contributed by atoms with Crippen LogP contribution in [0.4, 0.5) is 11.4 Å². The van der Waals surface area contributed by atoms with Gasteiger partial charge in [0.25, 0.3) is 0 Å². The Bertz CT molecular complexity index is 566. The van der Waals surface area contributed by atoms with E-state index < -0.39 is 0 Å². The van der Waals surface area contributed by atoms with Gasteiger partial charge in [-0.15, -0.1) is 0 Å². The molecule has 2 aromatic rings. The minimum Gasteiger partial charge on any atom is -0.464 e. The van der Waals surface area contributed by atoms with Crippen molar-refractivity contribution in [1.82, 2.24) is 0 Å². The van der Waals surface area contributed by atoms with Gasteiger partial charge in [0.15, 0.2) is 0 Å². The molecule has 1 heterocycles. The molecule has 0 fully saturated rings. The summed E-state index contributed by atoms with van der Waals surface area (Å²) in [5, 5.41) is 0.948. The molecule has 2 N–H and O–H groups in total. The summed E-state index contributed by atoms with van der Waals surface area (Å²) in [7, 11) is 1.92. The molecule has 0 amide bonds. The Morgan fingerprint density at radius 2 is 1.89 bits per heavy atom. The standard InChI is InChI=1S/C13H14Cl2N2O/c1-8-3-4-9(18-8)7-17(2)13-6-11(15)10(14)5-12(13)16/h3-6H,7,16H2,1-2H3. The van der Waals surface area contributed by atoms with Gasteiger partial charge in [0, 0.05) is 7.05 Å². The van der Waals surface area contributed by atoms with Crippen molar-refractivity contribution in [3.05, 3.63) is 45.8 Å². The topological polar surface area (TPSA) is 42.4 Å². The van der Waals surface area contributed by atoms with Crippen LogP contribution in [-0.2, 0) is 6.54 Å². The molecule has 0 radical (unpaired) electrons. The third-order valence-electron chi connectivity index (χ3n) is 2.67. The Kier molecular flexibility index (Phi) is 3.73. The monoisotopic (exact) mass is 284 g/mol. The number of halogens is 2. The van der Waals surface area contributed by atoms with Crippen molar-refractivity contribution >= 4 is 34.6 Å². The fraction of sp³-hybridized carbons (Fsp3) is 0.231. The average Bonchev–Trinajstić information content (AvgIpc) is 2.69. The molecule has 0 spiro atoms. The van der Waals surface area contributed by atoms with Gasteiger partial charge in [-0.2, -0.15) is 0 Å². The molecule has 96 valence electrons. The number of furan rings is 1. The molecule has 0 aliphatic carbocycles. The molecular weight excluding hydrogens is 271 g/mol. The van der Waals surface area contributed by atoms with Gasteiger partial charge in [0.1, 0.15) is 11.5 Å². The number of nitrogens with zero attached hydrogens (tertiary/aromatic N) is 1. The van der Waals surface area contributed by atoms with Crippen LogP contribution in [0.2, 0.25) is 10.0 Å². The molecule has 0 aliphatic heterocycles. The molecule has 3 nitrogen and oxygen atoms in total. The Hall–Kier alpha value is -1.32. The van der Waals surface area contributed by atoms with Gasteiger partial charge in [0.05, 0.1) is 28.0 Å². The quantitative estimate of drug-likeness (QED) is 0.863. The van der Waals surface area contributed by atoms with Gasteiger partial charge >= 0.3 is 0 Å². The lowest BCUT2D eigenvalue weighted by Gasteiger charge is -2.20. The first-order chi connectivity index (χ1) is 8.47. The normalized spacial score (nSPS) is 10.7. The van der Waals surface area contributed by atoms with Crippen molar-refractivity contribution in [3.8, 4) is 0 Å². The van der Waals surface area contributed by atoms with Crippen LogP contribution in [-0.4, -0.2) is 7.05 Å². The zero-order valence-corrected chi connectivity index (χ0v) is 11.7. The molecule has 0 aliphatic rings. The van der Waals surface area contributed by atoms with Crippen LogP contribution in [0.15, 0.2) is 28.7 Å². The maximum absolute atomic E-state index is 6.00. The van der Waals surface area contributed by atoms with Gasteiger partial charge in [0.2, 0.25) is 0 Å². The molecule has 5 heteroatoms. The zero-order valence-electron chi connectivity index (χ0n) is 10.2. The van der Waals surface area contributed by atoms with Crippen LogP contribution in [0.5, 0.6) is 0 Å². The van der Waals surface area contributed by atoms with Crippen molar-refractivity contribution in [3.63, 3.8) is 0 Å². The smallest absolute Gasteiger partial charge is 0.123 e. The highest BCUT2D eigenvalue weighted by atomic mass is 35.5. The van der Waals surface area contributed by atoms with Crippen molar-refractivity contribution in [1.29, 1.82) is 0 Å². The summed E-state index contributed by atoms with van der Waals surface area (Å²) in [6, 6.07) is 7.29. The van der Waals surface area contributed by atoms with Gasteiger partial charge in [-0.3, -0.25) is 0 Å². The zero-order chi connectivity index (χ0) is 13.3. The van der Waals surface area contributed by atoms with E-state index in [-0.39, 0.29) is 0 Å². The molecule has 0 saturated heterocycles. The number of aryl methyl sites for hydroxylation is 1. The van der Waals surface area contributed by atoms with Gasteiger partial charge in [-0.1, -0.05) is 23.2 Å². The van der Waals surface area contributed by atoms with Crippen molar-refractivity contribution in [2.45, 2.75) is 13.5 Å². The van der Waals surface area contributed by atoms with E-state index in [1.54, 1.807) is 12.1 Å². The predicted molar refractivity (Wildman–Crippen MR) is 76.4 cm³/mol. The second kappa shape index (κ2) is 5.12. The van der Waals surface area contributed by atoms with Crippen LogP contribution in [0.25, 0.3) is 0 Å². The summed E-state index contributed by atoms with van der Waals surface area (Å²) in [5.41, 5.74) is 7.36. The Morgan fingerprint density at radius 3 is 2.50 bits per heavy atom. The summed E-state index contributed by atoms with van der Waals surface area (Å²) in [6.07, 6.45) is 0. The number of benzene rings is 1. The van der Waals surface area contributed by atoms with Crippen molar-refractivity contribution in [2.75, 3.05) is 17.7 Å². The number of nitrogens with two attached hydrogens (primary N) is 1. The molecule has 0 bridgehead atoms. The van der Waals surface area contributed by atoms with E-state index in [9.17, 15) is 0 Å². The lowest BCUT2D eigenvalue weighted by Crippen LogP contribution is -2.17. The lowest BCUT2D eigenvalue weighted by molar-refractivity contribution is 0.482. The maximum Gasteiger partial charge on any atom is 0.123 e. The minimum absolute atomic E-state index is 0.458. The number of anilines is 2. The Morgan fingerprint density at radius 1 is 1.22 bits per heavy atom. The third kappa shape index (κ3) is 2.74. The molecule has 1 aromatic heterocycles. The summed E-state index contributed by atoms with van der Waals surface area (Å²) >= 11 is 11.9. The van der Waals surface area contributed by atoms with Crippen LogP contribution < -0.4 is 10.6 Å². The maximum atomic E-state index is 6.00. The SMILES string of the molecule is Cc1ccc(CN(C)c2cc(Cl)c(Cl)cc2N)o1. The van der Waals surface area contributed by atoms with Crippen molar-refractivity contribution in [2.24, 2.45) is 0 Å². The average molecular weight is 285 g/mol. The van der Waals surface area contributed by atoms with Crippen LogP contribution in [0.3, 0.4) is 0 Å². The number of rotatable bonds is 3. The fourth-order valence-electron chi connectivity index (χ4n) is 1.77. The summed E-state index contributed by atoms with van der Waals surface area (Å²) in [6.45, 7) is 2.53. The van der Waals surface area contributed by atoms with Crippen LogP contribution >= 0.6 is 23.2 Å². The van der Waals surface area contributed by atoms with E-state index in [0.717, 1.165) is 17.2 Å². The van der Waals surface area contributed by atoms with Crippen LogP contribution in [0, 0.1) is 6.92 Å². The molecule has 18 heavy (non-hydrogen) atoms. The van der Waals surface area contributed by atoms with Crippen LogP contribution in [0.1, 0.15) is 11.5 Å². The summed E-state index contributed by atoms with van der Waals surface area (Å²) < 4.78 is 5.53. The van der Waals surface area contributed by atoms with E-state index in [4.69, 9.17) is 33.4 Å². The third-order valence-corrected chi connectivity index (χ3v) is 3.39. The van der Waals surface area contributed by atoms with E-state index >= 15 is 0 Å². The molecule has 1 aromatic carbocycles. The molecular formula is C13H14Cl2N2O. The molecule has 2 rings (SSSR count). The first kappa shape index (κ1) is 13.1. The number of hydrogen-bond donors (Lipinski definition) is 1. The van der Waals surface area contributed by atoms with E-state index in [1.165, 1.54) is 0 Å². The van der Waals surface area contributed by atoms with Crippen molar-refractivity contribution < 1.29 is 4.42 Å². The number of nitrogen functional groups attached to an aromatic ring is 1. The minimum atomic E-state index is 0.458. The van der Waals surface area contributed by atoms with Gasteiger partial charge in [-0.05, 0) is 31.2 Å². The summed E-state index contributed by atoms with van der Waals surface area (Å²) in [4.78, 5) is 1.97. The highest BCUT2D eigenvalue weighted by Gasteiger charge is 2.11. The largest absolute Gasteiger partial charge is 0.464 e. The van der Waals surface area contributed by atoms with E-state index in [1.807, 2.05) is 31.0 Å². The lowest BCUT2D eigenvalue weighted by atomic mass is 10.2. The second-order valence-electron chi connectivity index (χ2n) is 4.19. The molecule has 0 unspecified atom stereocenters. The number of hydrogen-bond acceptors (Lipinski definition) is 3. The first-order valence-electron chi connectivity index (χ1n) is 5.48. The molecule has 0 saturated carbocycles. The summed E-state index contributed by atoms with van der Waals surface area (Å²) in [5.74, 6) is 1.76. The Balaban J connectivity index is 2.23. The van der Waals surface area contributed by atoms with E-state index in [0.29, 0.717) is 22.3 Å². The van der Waals surface area contributed by atoms with Gasteiger partial charge < -0.3 is 15.1 Å². The highest BCUT2D eigenvalue weighted by molar-refractivity contribution is 6.42. The van der Waals surface area contributed by atoms with Gasteiger partial charge in [-0.25, -0.2) is 0 Å². The highest BCUT2D eigenvalue weighted by Crippen LogP contribution is 2.33. The Labute approximate surface area is 116 Å². The second-order valence-corrected chi connectivity index (χ2v) is 5.01. The first-order valence-corrected chi connectivity index (χ1v) is 6.24. The predicted octanol–water partition coefficient (Wildman–Crippen LogP) is 4.11. The molecule has 0 atom stereocenters. The fourth-order valence-corrected chi connectivity index (χ4v) is 2.10. The van der Waals surface area contributed by atoms with E-state index in [2.05, 4.69) is 0 Å².